The Hall–Kier alpha value is -3.25. The smallest absolute Gasteiger partial charge is 0.417 e. The summed E-state index contributed by atoms with van der Waals surface area (Å²) in [7, 11) is -2.32. The molecule has 0 aliphatic carbocycles. The minimum atomic E-state index is -4.60. The van der Waals surface area contributed by atoms with Crippen LogP contribution >= 0.6 is 11.6 Å². The Balaban J connectivity index is 1.86. The maximum atomic E-state index is 13.1. The van der Waals surface area contributed by atoms with Crippen molar-refractivity contribution in [3.05, 3.63) is 53.4 Å². The van der Waals surface area contributed by atoms with Crippen molar-refractivity contribution in [2.45, 2.75) is 18.0 Å². The fourth-order valence-corrected chi connectivity index (χ4v) is 4.25. The van der Waals surface area contributed by atoms with Crippen LogP contribution in [-0.2, 0) is 23.1 Å². The van der Waals surface area contributed by atoms with Gasteiger partial charge in [0.15, 0.2) is 21.3 Å². The predicted molar refractivity (Wildman–Crippen MR) is 114 cm³/mol. The Morgan fingerprint density at radius 1 is 1.12 bits per heavy atom. The largest absolute Gasteiger partial charge is 0.437 e. The summed E-state index contributed by atoms with van der Waals surface area (Å²) < 4.78 is 71.8. The Labute approximate surface area is 191 Å². The number of rotatable bonds is 5. The molecular weight excluding hydrogens is 483 g/mol. The number of nitrogens with zero attached hydrogens (tertiary/aromatic N) is 5. The Morgan fingerprint density at radius 2 is 1.88 bits per heavy atom. The van der Waals surface area contributed by atoms with Crippen molar-refractivity contribution in [1.82, 2.24) is 24.5 Å². The van der Waals surface area contributed by atoms with Crippen molar-refractivity contribution in [3.63, 3.8) is 0 Å². The number of imidazole rings is 1. The molecule has 0 saturated carbocycles. The molecule has 0 aromatic carbocycles. The van der Waals surface area contributed by atoms with E-state index in [-0.39, 0.29) is 50.1 Å². The SMILES string of the molecule is CCS(=O)(=O)c1cc(Oc2cccc(Cl)n2)cnc1-c1nc2cc(C(F)(F)F)cnc2n1C. The monoisotopic (exact) mass is 497 g/mol. The fraction of sp³-hybridized carbons (Fsp3) is 0.200. The lowest BCUT2D eigenvalue weighted by molar-refractivity contribution is -0.137. The Kier molecular flexibility index (Phi) is 5.74. The van der Waals surface area contributed by atoms with Gasteiger partial charge in [0.05, 0.1) is 17.5 Å². The number of alkyl halides is 3. The van der Waals surface area contributed by atoms with Gasteiger partial charge in [0.25, 0.3) is 0 Å². The molecule has 0 spiro atoms. The number of pyridine rings is 3. The third-order valence-electron chi connectivity index (χ3n) is 4.70. The van der Waals surface area contributed by atoms with E-state index >= 15 is 0 Å². The second kappa shape index (κ2) is 8.27. The number of aromatic nitrogens is 5. The van der Waals surface area contributed by atoms with Crippen LogP contribution in [0.4, 0.5) is 13.2 Å². The van der Waals surface area contributed by atoms with E-state index in [0.29, 0.717) is 6.20 Å². The zero-order valence-electron chi connectivity index (χ0n) is 17.1. The molecule has 4 aromatic rings. The van der Waals surface area contributed by atoms with E-state index in [4.69, 9.17) is 16.3 Å². The molecule has 4 rings (SSSR count). The molecule has 0 atom stereocenters. The molecule has 0 aliphatic rings. The van der Waals surface area contributed by atoms with Crippen molar-refractivity contribution in [1.29, 1.82) is 0 Å². The number of halogens is 4. The Morgan fingerprint density at radius 3 is 2.55 bits per heavy atom. The van der Waals surface area contributed by atoms with Crippen molar-refractivity contribution >= 4 is 32.6 Å². The molecular formula is C20H15ClF3N5O3S. The van der Waals surface area contributed by atoms with Gasteiger partial charge in [-0.1, -0.05) is 24.6 Å². The van der Waals surface area contributed by atoms with Crippen LogP contribution in [0.3, 0.4) is 0 Å². The maximum Gasteiger partial charge on any atom is 0.417 e. The van der Waals surface area contributed by atoms with Crippen molar-refractivity contribution in [3.8, 4) is 23.1 Å². The average molecular weight is 498 g/mol. The lowest BCUT2D eigenvalue weighted by Crippen LogP contribution is -2.09. The van der Waals surface area contributed by atoms with Gasteiger partial charge in [0.2, 0.25) is 5.88 Å². The number of fused-ring (bicyclic) bond motifs is 1. The summed E-state index contributed by atoms with van der Waals surface area (Å²) in [5.41, 5.74) is -0.917. The van der Waals surface area contributed by atoms with Crippen LogP contribution in [0.2, 0.25) is 5.15 Å². The van der Waals surface area contributed by atoms with Gasteiger partial charge in [-0.25, -0.2) is 28.4 Å². The summed E-state index contributed by atoms with van der Waals surface area (Å²) in [6, 6.07) is 6.80. The van der Waals surface area contributed by atoms with Crippen LogP contribution in [0, 0.1) is 0 Å². The molecule has 0 radical (unpaired) electrons. The molecule has 8 nitrogen and oxygen atoms in total. The average Bonchev–Trinajstić information content (AvgIpc) is 3.09. The van der Waals surface area contributed by atoms with Crippen LogP contribution in [0.1, 0.15) is 12.5 Å². The quantitative estimate of drug-likeness (QED) is 0.369. The molecule has 0 amide bonds. The molecule has 33 heavy (non-hydrogen) atoms. The molecule has 4 aromatic heterocycles. The lowest BCUT2D eigenvalue weighted by Gasteiger charge is -2.11. The molecule has 0 bridgehead atoms. The summed E-state index contributed by atoms with van der Waals surface area (Å²) >= 11 is 5.85. The molecule has 0 N–H and O–H groups in total. The first-order valence-corrected chi connectivity index (χ1v) is 11.5. The second-order valence-electron chi connectivity index (χ2n) is 6.88. The summed E-state index contributed by atoms with van der Waals surface area (Å²) in [5, 5.41) is 0.184. The first kappa shape index (κ1) is 22.9. The molecule has 4 heterocycles. The summed E-state index contributed by atoms with van der Waals surface area (Å²) in [6.07, 6.45) is -2.64. The van der Waals surface area contributed by atoms with E-state index in [1.165, 1.54) is 36.9 Å². The standard InChI is InChI=1S/C20H15ClF3N5O3S/c1-3-33(30,31)14-8-12(32-16-6-4-5-15(21)28-16)10-25-17(14)19-27-13-7-11(20(22,23)24)9-26-18(13)29(19)2/h4-10H,3H2,1-2H3. The summed E-state index contributed by atoms with van der Waals surface area (Å²) in [5.74, 6) is -0.00222. The number of hydrogen-bond donors (Lipinski definition) is 0. The predicted octanol–water partition coefficient (Wildman–Crippen LogP) is 4.68. The molecule has 0 unspecified atom stereocenters. The second-order valence-corrected chi connectivity index (χ2v) is 9.51. The summed E-state index contributed by atoms with van der Waals surface area (Å²) in [4.78, 5) is 16.0. The third kappa shape index (κ3) is 4.48. The lowest BCUT2D eigenvalue weighted by atomic mass is 10.2. The van der Waals surface area contributed by atoms with Crippen LogP contribution in [0.5, 0.6) is 11.6 Å². The van der Waals surface area contributed by atoms with Gasteiger partial charge >= 0.3 is 6.18 Å². The number of ether oxygens (including phenoxy) is 1. The normalized spacial score (nSPS) is 12.3. The van der Waals surface area contributed by atoms with E-state index in [2.05, 4.69) is 19.9 Å². The molecule has 0 aliphatic heterocycles. The number of sulfone groups is 1. The molecule has 0 saturated heterocycles. The van der Waals surface area contributed by atoms with E-state index in [1.807, 2.05) is 0 Å². The van der Waals surface area contributed by atoms with Gasteiger partial charge in [-0.2, -0.15) is 13.2 Å². The van der Waals surface area contributed by atoms with Gasteiger partial charge in [-0.05, 0) is 12.1 Å². The highest BCUT2D eigenvalue weighted by molar-refractivity contribution is 7.91. The molecule has 172 valence electrons. The van der Waals surface area contributed by atoms with Crippen LogP contribution in [0.15, 0.2) is 47.6 Å². The topological polar surface area (TPSA) is 99.9 Å². The van der Waals surface area contributed by atoms with E-state index in [9.17, 15) is 21.6 Å². The number of aryl methyl sites for hydroxylation is 1. The Bertz CT molecular complexity index is 1470. The van der Waals surface area contributed by atoms with Crippen molar-refractivity contribution < 1.29 is 26.3 Å². The van der Waals surface area contributed by atoms with Gasteiger partial charge < -0.3 is 9.30 Å². The van der Waals surface area contributed by atoms with Crippen LogP contribution in [0.25, 0.3) is 22.7 Å². The van der Waals surface area contributed by atoms with Gasteiger partial charge in [0, 0.05) is 25.4 Å². The highest BCUT2D eigenvalue weighted by Crippen LogP contribution is 2.34. The fourth-order valence-electron chi connectivity index (χ4n) is 3.05. The molecule has 0 fully saturated rings. The minimum Gasteiger partial charge on any atom is -0.437 e. The van der Waals surface area contributed by atoms with Crippen molar-refractivity contribution in [2.24, 2.45) is 7.05 Å². The van der Waals surface area contributed by atoms with Gasteiger partial charge in [-0.3, -0.25) is 0 Å². The highest BCUT2D eigenvalue weighted by atomic mass is 35.5. The third-order valence-corrected chi connectivity index (χ3v) is 6.65. The first-order valence-electron chi connectivity index (χ1n) is 9.43. The maximum absolute atomic E-state index is 13.1. The summed E-state index contributed by atoms with van der Waals surface area (Å²) in [6.45, 7) is 1.46. The first-order chi connectivity index (χ1) is 15.5. The molecule has 13 heteroatoms. The van der Waals surface area contributed by atoms with Crippen LogP contribution < -0.4 is 4.74 Å². The van der Waals surface area contributed by atoms with E-state index in [1.54, 1.807) is 12.1 Å². The van der Waals surface area contributed by atoms with Crippen molar-refractivity contribution in [2.75, 3.05) is 5.75 Å². The zero-order valence-corrected chi connectivity index (χ0v) is 18.7. The zero-order chi connectivity index (χ0) is 24.0. The van der Waals surface area contributed by atoms with Gasteiger partial charge in [-0.15, -0.1) is 0 Å². The van der Waals surface area contributed by atoms with Gasteiger partial charge in [0.1, 0.15) is 27.0 Å². The minimum absolute atomic E-state index is 0.0382. The van der Waals surface area contributed by atoms with Crippen LogP contribution in [-0.4, -0.2) is 38.7 Å². The van der Waals surface area contributed by atoms with E-state index < -0.39 is 21.6 Å². The number of hydrogen-bond acceptors (Lipinski definition) is 7. The van der Waals surface area contributed by atoms with E-state index in [0.717, 1.165) is 6.07 Å². The highest BCUT2D eigenvalue weighted by Gasteiger charge is 2.32.